The maximum Gasteiger partial charge on any atom is 0.229 e. The summed E-state index contributed by atoms with van der Waals surface area (Å²) in [6.45, 7) is 6.57. The second-order valence-corrected chi connectivity index (χ2v) is 6.36. The van der Waals surface area contributed by atoms with E-state index >= 15 is 0 Å². The number of nitrogens with one attached hydrogen (secondary N) is 1. The predicted octanol–water partition coefficient (Wildman–Crippen LogP) is 3.58. The molecule has 1 N–H and O–H groups in total. The number of hydrogen-bond acceptors (Lipinski definition) is 2. The Kier molecular flexibility index (Phi) is 6.40. The van der Waals surface area contributed by atoms with Crippen molar-refractivity contribution in [1.29, 1.82) is 0 Å². The van der Waals surface area contributed by atoms with Gasteiger partial charge < -0.3 is 10.2 Å². The third-order valence-corrected chi connectivity index (χ3v) is 5.19. The molecule has 0 aromatic heterocycles. The molecule has 3 nitrogen and oxygen atoms in total. The molecule has 0 saturated carbocycles. The lowest BCUT2D eigenvalue weighted by Crippen LogP contribution is -2.49. The van der Waals surface area contributed by atoms with Gasteiger partial charge in [-0.05, 0) is 52.3 Å². The van der Waals surface area contributed by atoms with Crippen molar-refractivity contribution in [2.75, 3.05) is 26.7 Å². The minimum Gasteiger partial charge on any atom is -0.343 e. The molecule has 1 aliphatic carbocycles. The van der Waals surface area contributed by atoms with Crippen molar-refractivity contribution in [2.24, 2.45) is 5.41 Å². The van der Waals surface area contributed by atoms with Gasteiger partial charge in [0.05, 0.1) is 5.41 Å². The molecule has 0 bridgehead atoms. The predicted molar refractivity (Wildman–Crippen MR) is 96.5 cm³/mol. The number of amides is 1. The zero-order valence-corrected chi connectivity index (χ0v) is 14.7. The summed E-state index contributed by atoms with van der Waals surface area (Å²) < 4.78 is 0. The van der Waals surface area contributed by atoms with Gasteiger partial charge in [-0.15, -0.1) is 0 Å². The van der Waals surface area contributed by atoms with Gasteiger partial charge in [-0.25, -0.2) is 0 Å². The first-order valence-electron chi connectivity index (χ1n) is 8.83. The molecule has 0 radical (unpaired) electrons. The maximum atomic E-state index is 13.4. The van der Waals surface area contributed by atoms with E-state index in [0.29, 0.717) is 5.91 Å². The Bertz CT molecular complexity index is 522. The normalized spacial score (nSPS) is 23.7. The molecule has 1 aromatic carbocycles. The number of carbonyl (C=O) groups is 1. The van der Waals surface area contributed by atoms with Crippen LogP contribution in [0.1, 0.15) is 44.6 Å². The topological polar surface area (TPSA) is 32.3 Å². The molecule has 0 heterocycles. The van der Waals surface area contributed by atoms with Crippen LogP contribution < -0.4 is 5.32 Å². The van der Waals surface area contributed by atoms with Gasteiger partial charge in [0.15, 0.2) is 0 Å². The number of nitrogens with zero attached hydrogens (tertiary/aromatic N) is 1. The molecular formula is C20H30N2O. The van der Waals surface area contributed by atoms with Crippen molar-refractivity contribution in [1.82, 2.24) is 10.2 Å². The molecule has 0 spiro atoms. The highest BCUT2D eigenvalue weighted by Gasteiger charge is 2.47. The smallest absolute Gasteiger partial charge is 0.229 e. The van der Waals surface area contributed by atoms with Crippen molar-refractivity contribution in [3.8, 4) is 0 Å². The summed E-state index contributed by atoms with van der Waals surface area (Å²) in [6.07, 6.45) is 7.11. The van der Waals surface area contributed by atoms with E-state index in [9.17, 15) is 4.79 Å². The second-order valence-electron chi connectivity index (χ2n) is 6.36. The Morgan fingerprint density at radius 1 is 1.22 bits per heavy atom. The minimum atomic E-state index is -0.328. The molecule has 2 rings (SSSR count). The van der Waals surface area contributed by atoms with Gasteiger partial charge in [-0.3, -0.25) is 4.79 Å². The maximum absolute atomic E-state index is 13.4. The van der Waals surface area contributed by atoms with E-state index in [0.717, 1.165) is 38.9 Å². The molecule has 0 aliphatic heterocycles. The van der Waals surface area contributed by atoms with Crippen LogP contribution in [0.2, 0.25) is 0 Å². The van der Waals surface area contributed by atoms with E-state index in [2.05, 4.69) is 55.6 Å². The molecule has 0 saturated heterocycles. The Hall–Kier alpha value is -1.61. The molecule has 1 amide bonds. The summed E-state index contributed by atoms with van der Waals surface area (Å²) in [6, 6.07) is 10.6. The van der Waals surface area contributed by atoms with Crippen LogP contribution in [0.5, 0.6) is 0 Å². The van der Waals surface area contributed by atoms with Crippen LogP contribution in [0, 0.1) is 5.41 Å². The van der Waals surface area contributed by atoms with Gasteiger partial charge in [-0.1, -0.05) is 42.5 Å². The molecule has 126 valence electrons. The highest BCUT2D eigenvalue weighted by atomic mass is 16.2. The SMILES string of the molecule is CCN(CC)C(=O)C1(CCNC)CC=CCC1c1ccccc1. The van der Waals surface area contributed by atoms with E-state index in [1.165, 1.54) is 5.56 Å². The summed E-state index contributed by atoms with van der Waals surface area (Å²) >= 11 is 0. The fourth-order valence-corrected chi connectivity index (χ4v) is 3.83. The fourth-order valence-electron chi connectivity index (χ4n) is 3.83. The number of carbonyl (C=O) groups excluding carboxylic acids is 1. The van der Waals surface area contributed by atoms with Crippen molar-refractivity contribution in [3.05, 3.63) is 48.0 Å². The van der Waals surface area contributed by atoms with Crippen LogP contribution in [0.4, 0.5) is 0 Å². The van der Waals surface area contributed by atoms with E-state index in [-0.39, 0.29) is 11.3 Å². The quantitative estimate of drug-likeness (QED) is 0.780. The summed E-state index contributed by atoms with van der Waals surface area (Å²) in [5, 5.41) is 3.25. The van der Waals surface area contributed by atoms with Crippen molar-refractivity contribution in [2.45, 2.75) is 39.0 Å². The molecular weight excluding hydrogens is 284 g/mol. The van der Waals surface area contributed by atoms with E-state index in [1.54, 1.807) is 0 Å². The highest BCUT2D eigenvalue weighted by Crippen LogP contribution is 2.48. The first-order chi connectivity index (χ1) is 11.2. The summed E-state index contributed by atoms with van der Waals surface area (Å²) in [5.74, 6) is 0.575. The summed E-state index contributed by atoms with van der Waals surface area (Å²) in [5.41, 5.74) is 0.957. The Balaban J connectivity index is 2.44. The third kappa shape index (κ3) is 3.66. The molecule has 1 aliphatic rings. The Labute approximate surface area is 140 Å². The van der Waals surface area contributed by atoms with E-state index < -0.39 is 0 Å². The second kappa shape index (κ2) is 8.30. The molecule has 3 heteroatoms. The molecule has 2 unspecified atom stereocenters. The van der Waals surface area contributed by atoms with E-state index in [4.69, 9.17) is 0 Å². The van der Waals surface area contributed by atoms with Crippen LogP contribution in [0.15, 0.2) is 42.5 Å². The molecule has 1 aromatic rings. The Morgan fingerprint density at radius 2 is 1.91 bits per heavy atom. The number of hydrogen-bond donors (Lipinski definition) is 1. The number of rotatable bonds is 7. The Morgan fingerprint density at radius 3 is 2.52 bits per heavy atom. The molecule has 2 atom stereocenters. The monoisotopic (exact) mass is 314 g/mol. The van der Waals surface area contributed by atoms with Gasteiger partial charge in [-0.2, -0.15) is 0 Å². The molecule has 23 heavy (non-hydrogen) atoms. The highest BCUT2D eigenvalue weighted by molar-refractivity contribution is 5.84. The minimum absolute atomic E-state index is 0.259. The zero-order valence-electron chi connectivity index (χ0n) is 14.7. The zero-order chi connectivity index (χ0) is 16.7. The molecule has 0 fully saturated rings. The standard InChI is InChI=1S/C20H30N2O/c1-4-22(5-2)19(23)20(15-16-21-3)14-10-9-13-18(20)17-11-7-6-8-12-17/h6-12,18,21H,4-5,13-16H2,1-3H3. The van der Waals surface area contributed by atoms with Crippen molar-refractivity contribution < 1.29 is 4.79 Å². The van der Waals surface area contributed by atoms with Gasteiger partial charge in [0, 0.05) is 19.0 Å². The van der Waals surface area contributed by atoms with Crippen LogP contribution in [0.25, 0.3) is 0 Å². The van der Waals surface area contributed by atoms with Gasteiger partial charge in [0.25, 0.3) is 0 Å². The summed E-state index contributed by atoms with van der Waals surface area (Å²) in [7, 11) is 1.96. The van der Waals surface area contributed by atoms with Gasteiger partial charge in [0.1, 0.15) is 0 Å². The lowest BCUT2D eigenvalue weighted by atomic mass is 9.63. The van der Waals surface area contributed by atoms with Crippen LogP contribution in [0.3, 0.4) is 0 Å². The largest absolute Gasteiger partial charge is 0.343 e. The van der Waals surface area contributed by atoms with Crippen molar-refractivity contribution in [3.63, 3.8) is 0 Å². The lowest BCUT2D eigenvalue weighted by molar-refractivity contribution is -0.144. The van der Waals surface area contributed by atoms with E-state index in [1.807, 2.05) is 18.0 Å². The summed E-state index contributed by atoms with van der Waals surface area (Å²) in [4.78, 5) is 15.4. The van der Waals surface area contributed by atoms with Crippen LogP contribution >= 0.6 is 0 Å². The number of allylic oxidation sites excluding steroid dienone is 2. The fraction of sp³-hybridized carbons (Fsp3) is 0.550. The van der Waals surface area contributed by atoms with Crippen LogP contribution in [-0.2, 0) is 4.79 Å². The number of benzene rings is 1. The van der Waals surface area contributed by atoms with Gasteiger partial charge in [0.2, 0.25) is 5.91 Å². The first kappa shape index (κ1) is 17.7. The van der Waals surface area contributed by atoms with Crippen molar-refractivity contribution >= 4 is 5.91 Å². The third-order valence-electron chi connectivity index (χ3n) is 5.19. The lowest BCUT2D eigenvalue weighted by Gasteiger charge is -2.44. The van der Waals surface area contributed by atoms with Crippen LogP contribution in [-0.4, -0.2) is 37.5 Å². The first-order valence-corrected chi connectivity index (χ1v) is 8.83. The average Bonchev–Trinajstić information content (AvgIpc) is 2.61. The average molecular weight is 314 g/mol. The van der Waals surface area contributed by atoms with Gasteiger partial charge >= 0.3 is 0 Å².